The zero-order valence-corrected chi connectivity index (χ0v) is 12.4. The van der Waals surface area contributed by atoms with Gasteiger partial charge in [0.2, 0.25) is 0 Å². The second kappa shape index (κ2) is 5.54. The van der Waals surface area contributed by atoms with Gasteiger partial charge in [0, 0.05) is 7.05 Å². The van der Waals surface area contributed by atoms with Crippen molar-refractivity contribution in [2.45, 2.75) is 11.8 Å². The molecule has 108 valence electrons. The van der Waals surface area contributed by atoms with Crippen LogP contribution in [0.5, 0.6) is 0 Å². The van der Waals surface area contributed by atoms with E-state index in [1.165, 1.54) is 43.4 Å². The van der Waals surface area contributed by atoms with Crippen molar-refractivity contribution >= 4 is 15.7 Å². The maximum Gasteiger partial charge on any atom is 0.264 e. The van der Waals surface area contributed by atoms with Crippen LogP contribution in [0.15, 0.2) is 47.4 Å². The van der Waals surface area contributed by atoms with Gasteiger partial charge < -0.3 is 0 Å². The summed E-state index contributed by atoms with van der Waals surface area (Å²) in [5.74, 6) is -0.604. The number of hydrogen-bond acceptors (Lipinski definition) is 3. The predicted molar refractivity (Wildman–Crippen MR) is 77.9 cm³/mol. The molecule has 0 fully saturated rings. The lowest BCUT2D eigenvalue weighted by molar-refractivity contribution is 0.588. The van der Waals surface area contributed by atoms with Gasteiger partial charge in [0.05, 0.1) is 22.2 Å². The molecule has 0 aliphatic rings. The third-order valence-corrected chi connectivity index (χ3v) is 5.08. The van der Waals surface area contributed by atoms with Crippen molar-refractivity contribution in [3.63, 3.8) is 0 Å². The SMILES string of the molecule is Cc1ccc(F)cc1S(=O)(=O)N(C)c1ccc(C#N)cc1. The van der Waals surface area contributed by atoms with Gasteiger partial charge in [-0.15, -0.1) is 0 Å². The molecule has 2 rings (SSSR count). The smallest absolute Gasteiger partial charge is 0.264 e. The molecule has 0 bridgehead atoms. The molecule has 0 saturated heterocycles. The number of hydrogen-bond donors (Lipinski definition) is 0. The zero-order valence-electron chi connectivity index (χ0n) is 11.5. The molecule has 0 spiro atoms. The molecule has 0 aliphatic carbocycles. The molecule has 6 heteroatoms. The lowest BCUT2D eigenvalue weighted by Gasteiger charge is -2.20. The first kappa shape index (κ1) is 15.0. The van der Waals surface area contributed by atoms with Crippen molar-refractivity contribution in [1.29, 1.82) is 5.26 Å². The van der Waals surface area contributed by atoms with Crippen LogP contribution >= 0.6 is 0 Å². The summed E-state index contributed by atoms with van der Waals surface area (Å²) in [7, 11) is -2.46. The van der Waals surface area contributed by atoms with Crippen LogP contribution in [0.1, 0.15) is 11.1 Å². The van der Waals surface area contributed by atoms with E-state index < -0.39 is 15.8 Å². The number of sulfonamides is 1. The number of rotatable bonds is 3. The van der Waals surface area contributed by atoms with Crippen LogP contribution in [0.4, 0.5) is 10.1 Å². The normalized spacial score (nSPS) is 11.0. The Balaban J connectivity index is 2.47. The molecule has 21 heavy (non-hydrogen) atoms. The van der Waals surface area contributed by atoms with Crippen LogP contribution in [0.25, 0.3) is 0 Å². The Labute approximate surface area is 123 Å². The quantitative estimate of drug-likeness (QED) is 0.876. The average molecular weight is 304 g/mol. The van der Waals surface area contributed by atoms with Crippen LogP contribution in [0.2, 0.25) is 0 Å². The van der Waals surface area contributed by atoms with E-state index in [9.17, 15) is 12.8 Å². The van der Waals surface area contributed by atoms with E-state index in [0.29, 0.717) is 16.8 Å². The maximum atomic E-state index is 13.3. The minimum absolute atomic E-state index is 0.0747. The third kappa shape index (κ3) is 2.88. The highest BCUT2D eigenvalue weighted by atomic mass is 32.2. The maximum absolute atomic E-state index is 13.3. The predicted octanol–water partition coefficient (Wildman–Crippen LogP) is 2.83. The number of anilines is 1. The van der Waals surface area contributed by atoms with Gasteiger partial charge in [-0.2, -0.15) is 5.26 Å². The molecule has 0 radical (unpaired) electrons. The molecule has 0 amide bonds. The second-order valence-electron chi connectivity index (χ2n) is 4.54. The number of benzene rings is 2. The molecule has 0 saturated carbocycles. The first-order valence-corrected chi connectivity index (χ1v) is 7.55. The molecular formula is C15H13FN2O2S. The summed E-state index contributed by atoms with van der Waals surface area (Å²) in [4.78, 5) is -0.0747. The summed E-state index contributed by atoms with van der Waals surface area (Å²) in [6.07, 6.45) is 0. The molecule has 4 nitrogen and oxygen atoms in total. The van der Waals surface area contributed by atoms with Gasteiger partial charge >= 0.3 is 0 Å². The minimum Gasteiger partial charge on any atom is -0.269 e. The van der Waals surface area contributed by atoms with Gasteiger partial charge in [0.1, 0.15) is 5.82 Å². The van der Waals surface area contributed by atoms with E-state index >= 15 is 0 Å². The van der Waals surface area contributed by atoms with E-state index in [1.54, 1.807) is 6.92 Å². The van der Waals surface area contributed by atoms with Gasteiger partial charge in [0.15, 0.2) is 0 Å². The zero-order chi connectivity index (χ0) is 15.6. The number of nitriles is 1. The molecule has 0 N–H and O–H groups in total. The summed E-state index contributed by atoms with van der Waals surface area (Å²) in [5, 5.41) is 8.75. The topological polar surface area (TPSA) is 61.2 Å². The largest absolute Gasteiger partial charge is 0.269 e. The van der Waals surface area contributed by atoms with E-state index in [2.05, 4.69) is 0 Å². The van der Waals surface area contributed by atoms with E-state index in [1.807, 2.05) is 6.07 Å². The van der Waals surface area contributed by atoms with Crippen LogP contribution in [-0.2, 0) is 10.0 Å². The van der Waals surface area contributed by atoms with E-state index in [0.717, 1.165) is 10.4 Å². The molecule has 0 atom stereocenters. The van der Waals surface area contributed by atoms with E-state index in [4.69, 9.17) is 5.26 Å². The van der Waals surface area contributed by atoms with Crippen LogP contribution < -0.4 is 4.31 Å². The number of nitrogens with zero attached hydrogens (tertiary/aromatic N) is 2. The van der Waals surface area contributed by atoms with Crippen molar-refractivity contribution in [1.82, 2.24) is 0 Å². The standard InChI is InChI=1S/C15H13FN2O2S/c1-11-3-6-13(16)9-15(11)21(19,20)18(2)14-7-4-12(10-17)5-8-14/h3-9H,1-2H3. The minimum atomic E-state index is -3.85. The molecule has 0 heterocycles. The summed E-state index contributed by atoms with van der Waals surface area (Å²) in [6.45, 7) is 1.61. The van der Waals surface area contributed by atoms with Gasteiger partial charge in [-0.1, -0.05) is 6.07 Å². The number of halogens is 1. The second-order valence-corrected chi connectivity index (χ2v) is 6.48. The summed E-state index contributed by atoms with van der Waals surface area (Å²) in [6, 6.07) is 11.7. The highest BCUT2D eigenvalue weighted by molar-refractivity contribution is 7.92. The molecule has 0 aromatic heterocycles. The summed E-state index contributed by atoms with van der Waals surface area (Å²) >= 11 is 0. The Morgan fingerprint density at radius 3 is 2.33 bits per heavy atom. The lowest BCUT2D eigenvalue weighted by Crippen LogP contribution is -2.27. The van der Waals surface area contributed by atoms with Crippen LogP contribution in [0, 0.1) is 24.1 Å². The Kier molecular flexibility index (Phi) is 3.96. The monoisotopic (exact) mass is 304 g/mol. The fourth-order valence-electron chi connectivity index (χ4n) is 1.88. The van der Waals surface area contributed by atoms with Gasteiger partial charge in [-0.05, 0) is 48.9 Å². The Morgan fingerprint density at radius 1 is 1.14 bits per heavy atom. The van der Waals surface area contributed by atoms with Crippen molar-refractivity contribution in [3.8, 4) is 6.07 Å². The average Bonchev–Trinajstić information content (AvgIpc) is 2.49. The molecule has 2 aromatic rings. The van der Waals surface area contributed by atoms with Crippen molar-refractivity contribution in [2.24, 2.45) is 0 Å². The Hall–Kier alpha value is -2.39. The first-order valence-electron chi connectivity index (χ1n) is 6.11. The van der Waals surface area contributed by atoms with E-state index in [-0.39, 0.29) is 4.90 Å². The fourth-order valence-corrected chi connectivity index (χ4v) is 3.31. The van der Waals surface area contributed by atoms with Crippen LogP contribution in [0.3, 0.4) is 0 Å². The molecule has 0 aliphatic heterocycles. The molecular weight excluding hydrogens is 291 g/mol. The Morgan fingerprint density at radius 2 is 1.76 bits per heavy atom. The van der Waals surface area contributed by atoms with Crippen molar-refractivity contribution < 1.29 is 12.8 Å². The molecule has 2 aromatic carbocycles. The fraction of sp³-hybridized carbons (Fsp3) is 0.133. The molecule has 0 unspecified atom stereocenters. The Bertz CT molecular complexity index is 809. The summed E-state index contributed by atoms with van der Waals surface area (Å²) in [5.41, 5.74) is 1.31. The van der Waals surface area contributed by atoms with Gasteiger partial charge in [-0.25, -0.2) is 12.8 Å². The van der Waals surface area contributed by atoms with Crippen LogP contribution in [-0.4, -0.2) is 15.5 Å². The highest BCUT2D eigenvalue weighted by Crippen LogP contribution is 2.25. The summed E-state index contributed by atoms with van der Waals surface area (Å²) < 4.78 is 39.5. The number of aryl methyl sites for hydroxylation is 1. The van der Waals surface area contributed by atoms with Crippen molar-refractivity contribution in [2.75, 3.05) is 11.4 Å². The van der Waals surface area contributed by atoms with Gasteiger partial charge in [-0.3, -0.25) is 4.31 Å². The van der Waals surface area contributed by atoms with Crippen molar-refractivity contribution in [3.05, 3.63) is 59.4 Å². The first-order chi connectivity index (χ1) is 9.86. The lowest BCUT2D eigenvalue weighted by atomic mass is 10.2. The third-order valence-electron chi connectivity index (χ3n) is 3.15. The van der Waals surface area contributed by atoms with Gasteiger partial charge in [0.25, 0.3) is 10.0 Å². The highest BCUT2D eigenvalue weighted by Gasteiger charge is 2.23.